The van der Waals surface area contributed by atoms with Gasteiger partial charge in [0.15, 0.2) is 0 Å². The summed E-state index contributed by atoms with van der Waals surface area (Å²) in [6.07, 6.45) is 6.72. The number of hydrogen-bond donors (Lipinski definition) is 2. The quantitative estimate of drug-likeness (QED) is 0.746. The van der Waals surface area contributed by atoms with Crippen LogP contribution in [0.25, 0.3) is 0 Å². The van der Waals surface area contributed by atoms with Crippen molar-refractivity contribution in [2.24, 2.45) is 17.8 Å². The molecule has 112 valence electrons. The lowest BCUT2D eigenvalue weighted by Gasteiger charge is -2.37. The summed E-state index contributed by atoms with van der Waals surface area (Å²) in [6, 6.07) is 0.754. The molecule has 0 aliphatic heterocycles. The molecule has 0 aromatic carbocycles. The van der Waals surface area contributed by atoms with E-state index in [1.54, 1.807) is 0 Å². The largest absolute Gasteiger partial charge is 0.395 e. The third kappa shape index (κ3) is 4.73. The van der Waals surface area contributed by atoms with Gasteiger partial charge in [-0.2, -0.15) is 0 Å². The fourth-order valence-corrected chi connectivity index (χ4v) is 3.28. The fourth-order valence-electron chi connectivity index (χ4n) is 3.28. The lowest BCUT2D eigenvalue weighted by atomic mass is 9.75. The molecule has 0 radical (unpaired) electrons. The molecule has 0 heterocycles. The van der Waals surface area contributed by atoms with E-state index < -0.39 is 0 Å². The van der Waals surface area contributed by atoms with Gasteiger partial charge in [0.25, 0.3) is 0 Å². The third-order valence-corrected chi connectivity index (χ3v) is 4.74. The Labute approximate surface area is 118 Å². The van der Waals surface area contributed by atoms with Crippen molar-refractivity contribution in [3.8, 4) is 0 Å². The zero-order chi connectivity index (χ0) is 13.8. The lowest BCUT2D eigenvalue weighted by Crippen LogP contribution is -2.42. The van der Waals surface area contributed by atoms with Gasteiger partial charge in [0.05, 0.1) is 25.4 Å². The van der Waals surface area contributed by atoms with Crippen LogP contribution >= 0.6 is 0 Å². The molecular weight excluding hydrogens is 238 g/mol. The average molecular weight is 269 g/mol. The Morgan fingerprint density at radius 1 is 1.21 bits per heavy atom. The van der Waals surface area contributed by atoms with Gasteiger partial charge in [0.1, 0.15) is 0 Å². The molecule has 0 aromatic rings. The second-order valence-electron chi connectivity index (χ2n) is 7.02. The van der Waals surface area contributed by atoms with Crippen LogP contribution in [0.3, 0.4) is 0 Å². The zero-order valence-corrected chi connectivity index (χ0v) is 12.8. The first-order valence-corrected chi connectivity index (χ1v) is 8.08. The molecule has 4 atom stereocenters. The van der Waals surface area contributed by atoms with Gasteiger partial charge in [-0.1, -0.05) is 27.2 Å². The van der Waals surface area contributed by atoms with Gasteiger partial charge in [0, 0.05) is 6.04 Å². The van der Waals surface area contributed by atoms with Crippen LogP contribution in [-0.4, -0.2) is 36.5 Å². The second-order valence-corrected chi connectivity index (χ2v) is 7.02. The minimum atomic E-state index is 0.123. The van der Waals surface area contributed by atoms with Crippen LogP contribution in [0, 0.1) is 17.8 Å². The van der Waals surface area contributed by atoms with E-state index >= 15 is 0 Å². The highest BCUT2D eigenvalue weighted by atomic mass is 16.5. The monoisotopic (exact) mass is 269 g/mol. The summed E-state index contributed by atoms with van der Waals surface area (Å²) in [6.45, 7) is 7.80. The molecular formula is C16H31NO2. The predicted octanol–water partition coefficient (Wildman–Crippen LogP) is 2.58. The number of rotatable bonds is 7. The first-order valence-electron chi connectivity index (χ1n) is 8.08. The van der Waals surface area contributed by atoms with E-state index in [0.717, 1.165) is 5.92 Å². The van der Waals surface area contributed by atoms with Crippen molar-refractivity contribution in [3.05, 3.63) is 0 Å². The van der Waals surface area contributed by atoms with E-state index in [1.807, 2.05) is 0 Å². The Bertz CT molecular complexity index is 265. The van der Waals surface area contributed by atoms with Crippen molar-refractivity contribution in [2.75, 3.05) is 13.2 Å². The number of aliphatic hydroxyl groups is 1. The minimum absolute atomic E-state index is 0.123. The van der Waals surface area contributed by atoms with Crippen LogP contribution in [-0.2, 0) is 4.74 Å². The molecule has 2 N–H and O–H groups in total. The fraction of sp³-hybridized carbons (Fsp3) is 1.00. The summed E-state index contributed by atoms with van der Waals surface area (Å²) >= 11 is 0. The van der Waals surface area contributed by atoms with E-state index in [9.17, 15) is 5.11 Å². The van der Waals surface area contributed by atoms with Crippen molar-refractivity contribution in [3.63, 3.8) is 0 Å². The third-order valence-electron chi connectivity index (χ3n) is 4.74. The first kappa shape index (κ1) is 15.3. The number of hydrogen-bond acceptors (Lipinski definition) is 3. The summed E-state index contributed by atoms with van der Waals surface area (Å²) in [5.41, 5.74) is 0. The molecule has 2 rings (SSSR count). The molecule has 3 nitrogen and oxygen atoms in total. The molecule has 0 saturated heterocycles. The topological polar surface area (TPSA) is 41.5 Å². The smallest absolute Gasteiger partial charge is 0.0646 e. The zero-order valence-electron chi connectivity index (χ0n) is 12.8. The van der Waals surface area contributed by atoms with Crippen LogP contribution in [0.1, 0.15) is 52.9 Å². The Morgan fingerprint density at radius 3 is 2.53 bits per heavy atom. The van der Waals surface area contributed by atoms with Crippen molar-refractivity contribution in [1.29, 1.82) is 0 Å². The molecule has 4 unspecified atom stereocenters. The van der Waals surface area contributed by atoms with Crippen LogP contribution in [0.2, 0.25) is 0 Å². The molecule has 0 bridgehead atoms. The predicted molar refractivity (Wildman–Crippen MR) is 78.1 cm³/mol. The van der Waals surface area contributed by atoms with E-state index in [-0.39, 0.29) is 12.6 Å². The summed E-state index contributed by atoms with van der Waals surface area (Å²) in [5, 5.41) is 12.9. The van der Waals surface area contributed by atoms with E-state index in [4.69, 9.17) is 4.74 Å². The van der Waals surface area contributed by atoms with Crippen LogP contribution in [0.4, 0.5) is 0 Å². The molecule has 0 aromatic heterocycles. The van der Waals surface area contributed by atoms with Crippen molar-refractivity contribution < 1.29 is 9.84 Å². The minimum Gasteiger partial charge on any atom is -0.395 e. The maximum absolute atomic E-state index is 9.42. The highest BCUT2D eigenvalue weighted by Gasteiger charge is 2.32. The Kier molecular flexibility index (Phi) is 5.67. The maximum atomic E-state index is 9.42. The van der Waals surface area contributed by atoms with E-state index in [2.05, 4.69) is 26.1 Å². The molecule has 19 heavy (non-hydrogen) atoms. The van der Waals surface area contributed by atoms with Gasteiger partial charge < -0.3 is 15.2 Å². The van der Waals surface area contributed by atoms with Crippen molar-refractivity contribution in [1.82, 2.24) is 5.32 Å². The molecule has 2 saturated carbocycles. The molecule has 0 spiro atoms. The first-order chi connectivity index (χ1) is 9.10. The summed E-state index contributed by atoms with van der Waals surface area (Å²) in [7, 11) is 0. The van der Waals surface area contributed by atoms with Crippen LogP contribution in [0.5, 0.6) is 0 Å². The summed E-state index contributed by atoms with van der Waals surface area (Å²) < 4.78 is 6.19. The Hall–Kier alpha value is -0.120. The molecule has 3 heteroatoms. The van der Waals surface area contributed by atoms with E-state index in [0.29, 0.717) is 30.6 Å². The molecule has 2 aliphatic carbocycles. The SMILES string of the molecule is CC1CCC(C(C)C)C(OCC(CO)NC2CC2)C1. The normalized spacial score (nSPS) is 33.6. The number of aliphatic hydroxyl groups excluding tert-OH is 1. The molecule has 0 amide bonds. The van der Waals surface area contributed by atoms with Gasteiger partial charge in [0.2, 0.25) is 0 Å². The summed E-state index contributed by atoms with van der Waals surface area (Å²) in [5.74, 6) is 2.17. The van der Waals surface area contributed by atoms with Gasteiger partial charge >= 0.3 is 0 Å². The Balaban J connectivity index is 1.79. The van der Waals surface area contributed by atoms with Crippen LogP contribution in [0.15, 0.2) is 0 Å². The maximum Gasteiger partial charge on any atom is 0.0646 e. The lowest BCUT2D eigenvalue weighted by molar-refractivity contribution is -0.0501. The highest BCUT2D eigenvalue weighted by molar-refractivity contribution is 4.86. The second kappa shape index (κ2) is 7.05. The standard InChI is InChI=1S/C16H31NO2/c1-11(2)15-7-4-12(3)8-16(15)19-10-14(9-18)17-13-5-6-13/h11-18H,4-10H2,1-3H3. The van der Waals surface area contributed by atoms with Crippen molar-refractivity contribution >= 4 is 0 Å². The van der Waals surface area contributed by atoms with E-state index in [1.165, 1.54) is 32.1 Å². The van der Waals surface area contributed by atoms with Crippen molar-refractivity contribution in [2.45, 2.75) is 71.1 Å². The van der Waals surface area contributed by atoms with Gasteiger partial charge in [-0.3, -0.25) is 0 Å². The number of nitrogens with one attached hydrogen (secondary N) is 1. The van der Waals surface area contributed by atoms with Gasteiger partial charge in [-0.25, -0.2) is 0 Å². The molecule has 2 fully saturated rings. The van der Waals surface area contributed by atoms with Gasteiger partial charge in [-0.15, -0.1) is 0 Å². The van der Waals surface area contributed by atoms with Gasteiger partial charge in [-0.05, 0) is 43.4 Å². The number of ether oxygens (including phenoxy) is 1. The average Bonchev–Trinajstić information content (AvgIpc) is 3.18. The highest BCUT2D eigenvalue weighted by Crippen LogP contribution is 2.35. The Morgan fingerprint density at radius 2 is 1.95 bits per heavy atom. The molecule has 2 aliphatic rings. The summed E-state index contributed by atoms with van der Waals surface area (Å²) in [4.78, 5) is 0. The van der Waals surface area contributed by atoms with Crippen LogP contribution < -0.4 is 5.32 Å².